The number of carbonyl (C=O) groups is 1. The lowest BCUT2D eigenvalue weighted by molar-refractivity contribution is -0.274. The molecule has 0 atom stereocenters. The van der Waals surface area contributed by atoms with Crippen LogP contribution in [0.1, 0.15) is 15.9 Å². The molecule has 0 saturated heterocycles. The fourth-order valence-electron chi connectivity index (χ4n) is 3.44. The van der Waals surface area contributed by atoms with Crippen LogP contribution >= 0.6 is 27.5 Å². The summed E-state index contributed by atoms with van der Waals surface area (Å²) in [6, 6.07) is 15.7. The number of nitrogens with zero attached hydrogens (tertiary/aromatic N) is 1. The fourth-order valence-corrected chi connectivity index (χ4v) is 3.93. The number of alkyl halides is 3. The van der Waals surface area contributed by atoms with Crippen molar-refractivity contribution in [2.75, 3.05) is 5.32 Å². The van der Waals surface area contributed by atoms with E-state index in [0.29, 0.717) is 21.6 Å². The number of ether oxygens (including phenoxy) is 2. The van der Waals surface area contributed by atoms with Crippen LogP contribution in [0.25, 0.3) is 11.1 Å². The Morgan fingerprint density at radius 2 is 1.70 bits per heavy atom. The summed E-state index contributed by atoms with van der Waals surface area (Å²) in [7, 11) is 0. The molecule has 37 heavy (non-hydrogen) atoms. The van der Waals surface area contributed by atoms with Crippen molar-refractivity contribution in [3.8, 4) is 28.4 Å². The second kappa shape index (κ2) is 10.8. The Bertz CT molecular complexity index is 1470. The largest absolute Gasteiger partial charge is 0.573 e. The van der Waals surface area contributed by atoms with Gasteiger partial charge in [0.25, 0.3) is 5.91 Å². The van der Waals surface area contributed by atoms with Gasteiger partial charge >= 0.3 is 6.36 Å². The minimum atomic E-state index is -4.94. The van der Waals surface area contributed by atoms with Crippen LogP contribution in [0.4, 0.5) is 23.2 Å². The van der Waals surface area contributed by atoms with Gasteiger partial charge in [0, 0.05) is 29.1 Å². The first kappa shape index (κ1) is 26.4. The molecule has 0 spiro atoms. The van der Waals surface area contributed by atoms with E-state index in [1.807, 2.05) is 0 Å². The Balaban J connectivity index is 1.84. The Morgan fingerprint density at radius 1 is 1.00 bits per heavy atom. The van der Waals surface area contributed by atoms with E-state index in [-0.39, 0.29) is 21.9 Å². The van der Waals surface area contributed by atoms with Gasteiger partial charge in [0.05, 0.1) is 10.6 Å². The van der Waals surface area contributed by atoms with Gasteiger partial charge in [0.1, 0.15) is 21.9 Å². The monoisotopic (exact) mass is 594 g/mol. The van der Waals surface area contributed by atoms with Gasteiger partial charge in [-0.3, -0.25) is 4.79 Å². The summed E-state index contributed by atoms with van der Waals surface area (Å²) in [4.78, 5) is 17.4. The van der Waals surface area contributed by atoms with Crippen LogP contribution in [-0.4, -0.2) is 17.3 Å². The van der Waals surface area contributed by atoms with Gasteiger partial charge in [-0.1, -0.05) is 35.9 Å². The van der Waals surface area contributed by atoms with Crippen molar-refractivity contribution in [3.05, 3.63) is 99.5 Å². The molecule has 4 rings (SSSR count). The van der Waals surface area contributed by atoms with Crippen molar-refractivity contribution in [1.82, 2.24) is 4.98 Å². The molecular weight excluding hydrogens is 580 g/mol. The number of aryl methyl sites for hydroxylation is 1. The van der Waals surface area contributed by atoms with E-state index < -0.39 is 29.4 Å². The maximum atomic E-state index is 15.3. The predicted octanol–water partition coefficient (Wildman–Crippen LogP) is 8.56. The molecule has 5 nitrogen and oxygen atoms in total. The first-order valence-electron chi connectivity index (χ1n) is 10.6. The van der Waals surface area contributed by atoms with Crippen molar-refractivity contribution in [2.24, 2.45) is 0 Å². The fraction of sp³-hybridized carbons (Fsp3) is 0.0769. The van der Waals surface area contributed by atoms with Crippen LogP contribution in [0.3, 0.4) is 0 Å². The SMILES string of the molecule is Cc1cnc(Br)cc1NC(=O)c1c(-c2ccc(OC(F)(F)F)cc2Oc2ccccc2)ccc(Cl)c1F. The minimum Gasteiger partial charge on any atom is -0.457 e. The highest BCUT2D eigenvalue weighted by Crippen LogP contribution is 2.41. The zero-order chi connectivity index (χ0) is 26.7. The van der Waals surface area contributed by atoms with Crippen molar-refractivity contribution in [1.29, 1.82) is 0 Å². The number of aromatic nitrogens is 1. The molecule has 0 bridgehead atoms. The maximum absolute atomic E-state index is 15.3. The van der Waals surface area contributed by atoms with Crippen molar-refractivity contribution >= 4 is 39.1 Å². The van der Waals surface area contributed by atoms with E-state index in [4.69, 9.17) is 16.3 Å². The first-order chi connectivity index (χ1) is 17.5. The topological polar surface area (TPSA) is 60.5 Å². The predicted molar refractivity (Wildman–Crippen MR) is 135 cm³/mol. The molecule has 1 amide bonds. The molecule has 0 aliphatic rings. The molecule has 0 unspecified atom stereocenters. The van der Waals surface area contributed by atoms with Gasteiger partial charge < -0.3 is 14.8 Å². The molecule has 0 aliphatic heterocycles. The summed E-state index contributed by atoms with van der Waals surface area (Å²) in [5.74, 6) is -2.21. The number of pyridine rings is 1. The lowest BCUT2D eigenvalue weighted by Crippen LogP contribution is -2.17. The number of halogens is 6. The maximum Gasteiger partial charge on any atom is 0.573 e. The quantitative estimate of drug-likeness (QED) is 0.179. The molecule has 0 fully saturated rings. The minimum absolute atomic E-state index is 0.0367. The highest BCUT2D eigenvalue weighted by Gasteiger charge is 2.32. The Morgan fingerprint density at radius 3 is 2.41 bits per heavy atom. The van der Waals surface area contributed by atoms with Crippen molar-refractivity contribution in [3.63, 3.8) is 0 Å². The van der Waals surface area contributed by atoms with Crippen LogP contribution < -0.4 is 14.8 Å². The average molecular weight is 596 g/mol. The average Bonchev–Trinajstić information content (AvgIpc) is 2.83. The van der Waals surface area contributed by atoms with Gasteiger partial charge in [-0.15, -0.1) is 13.2 Å². The number of rotatable bonds is 6. The van der Waals surface area contributed by atoms with Crippen LogP contribution in [0.2, 0.25) is 5.02 Å². The smallest absolute Gasteiger partial charge is 0.457 e. The third kappa shape index (κ3) is 6.39. The molecule has 1 heterocycles. The normalized spacial score (nSPS) is 11.2. The van der Waals surface area contributed by atoms with E-state index in [9.17, 15) is 18.0 Å². The number of nitrogens with one attached hydrogen (secondary N) is 1. The highest BCUT2D eigenvalue weighted by atomic mass is 79.9. The number of carbonyl (C=O) groups excluding carboxylic acids is 1. The molecule has 1 aromatic heterocycles. The van der Waals surface area contributed by atoms with Gasteiger partial charge in [0.15, 0.2) is 5.82 Å². The van der Waals surface area contributed by atoms with Crippen LogP contribution in [0, 0.1) is 12.7 Å². The van der Waals surface area contributed by atoms with Crippen LogP contribution in [0.5, 0.6) is 17.2 Å². The summed E-state index contributed by atoms with van der Waals surface area (Å²) < 4.78 is 64.2. The van der Waals surface area contributed by atoms with E-state index in [0.717, 1.165) is 12.1 Å². The molecule has 1 N–H and O–H groups in total. The molecule has 190 valence electrons. The van der Waals surface area contributed by atoms with Gasteiger partial charge in [-0.05, 0) is 64.8 Å². The zero-order valence-corrected chi connectivity index (χ0v) is 21.2. The molecule has 4 aromatic rings. The Kier molecular flexibility index (Phi) is 7.70. The number of hydrogen-bond donors (Lipinski definition) is 1. The highest BCUT2D eigenvalue weighted by molar-refractivity contribution is 9.10. The molecule has 3 aromatic carbocycles. The molecular formula is C26H16BrClF4N2O3. The van der Waals surface area contributed by atoms with Gasteiger partial charge in [-0.25, -0.2) is 9.37 Å². The summed E-state index contributed by atoms with van der Waals surface area (Å²) >= 11 is 9.22. The molecule has 0 aliphatic carbocycles. The van der Waals surface area contributed by atoms with Gasteiger partial charge in [-0.2, -0.15) is 0 Å². The number of amides is 1. The van der Waals surface area contributed by atoms with Crippen LogP contribution in [0.15, 0.2) is 77.5 Å². The van der Waals surface area contributed by atoms with E-state index in [1.165, 1.54) is 24.4 Å². The van der Waals surface area contributed by atoms with Gasteiger partial charge in [0.2, 0.25) is 0 Å². The van der Waals surface area contributed by atoms with E-state index in [2.05, 4.69) is 31.0 Å². The van der Waals surface area contributed by atoms with Crippen molar-refractivity contribution in [2.45, 2.75) is 13.3 Å². The summed E-state index contributed by atoms with van der Waals surface area (Å²) in [5, 5.41) is 2.32. The van der Waals surface area contributed by atoms with E-state index in [1.54, 1.807) is 43.3 Å². The Labute approximate surface area is 222 Å². The van der Waals surface area contributed by atoms with E-state index >= 15 is 4.39 Å². The summed E-state index contributed by atoms with van der Waals surface area (Å²) in [6.45, 7) is 1.70. The zero-order valence-electron chi connectivity index (χ0n) is 18.9. The lowest BCUT2D eigenvalue weighted by atomic mass is 9.97. The number of anilines is 1. The lowest BCUT2D eigenvalue weighted by Gasteiger charge is -2.18. The molecule has 0 radical (unpaired) electrons. The third-order valence-corrected chi connectivity index (χ3v) is 5.81. The third-order valence-electron chi connectivity index (χ3n) is 5.09. The first-order valence-corrected chi connectivity index (χ1v) is 11.7. The Hall–Kier alpha value is -3.63. The number of hydrogen-bond acceptors (Lipinski definition) is 4. The molecule has 0 saturated carbocycles. The standard InChI is InChI=1S/C26H16BrClF4N2O3/c1-14-13-33-22(27)12-20(14)34-25(35)23-18(9-10-19(28)24(23)29)17-8-7-16(37-26(30,31)32)11-21(17)36-15-5-3-2-4-6-15/h2-13H,1H3,(H,33,34,35). The summed E-state index contributed by atoms with van der Waals surface area (Å²) in [6.07, 6.45) is -3.43. The van der Waals surface area contributed by atoms with Crippen molar-refractivity contribution < 1.29 is 31.8 Å². The second-order valence-corrected chi connectivity index (χ2v) is 8.90. The van der Waals surface area contributed by atoms with Crippen LogP contribution in [-0.2, 0) is 0 Å². The molecule has 11 heteroatoms. The number of para-hydroxylation sites is 1. The summed E-state index contributed by atoms with van der Waals surface area (Å²) in [5.41, 5.74) is 0.720. The number of benzene rings is 3. The second-order valence-electron chi connectivity index (χ2n) is 7.68.